The number of nitrogens with one attached hydrogen (secondary N) is 1. The van der Waals surface area contributed by atoms with Crippen LogP contribution >= 0.6 is 0 Å². The molecule has 0 atom stereocenters. The SMILES string of the molecule is CN1CCC(CCc2ccc(NC(=O)c3cccnc3)cc2)CC1. The Morgan fingerprint density at radius 1 is 1.21 bits per heavy atom. The number of amides is 1. The Bertz CT molecular complexity index is 646. The third-order valence-corrected chi connectivity index (χ3v) is 4.81. The maximum Gasteiger partial charge on any atom is 0.257 e. The molecule has 1 aliphatic rings. The number of aromatic nitrogens is 1. The minimum absolute atomic E-state index is 0.123. The lowest BCUT2D eigenvalue weighted by molar-refractivity contribution is 0.102. The molecule has 0 spiro atoms. The van der Waals surface area contributed by atoms with Crippen LogP contribution in [0.4, 0.5) is 5.69 Å². The van der Waals surface area contributed by atoms with Gasteiger partial charge < -0.3 is 10.2 Å². The maximum absolute atomic E-state index is 12.1. The zero-order chi connectivity index (χ0) is 16.8. The fourth-order valence-electron chi connectivity index (χ4n) is 3.18. The first-order valence-electron chi connectivity index (χ1n) is 8.69. The average molecular weight is 323 g/mol. The van der Waals surface area contributed by atoms with Crippen molar-refractivity contribution in [3.63, 3.8) is 0 Å². The number of aryl methyl sites for hydroxylation is 1. The second kappa shape index (κ2) is 8.06. The number of nitrogens with zero attached hydrogens (tertiary/aromatic N) is 2. The van der Waals surface area contributed by atoms with Gasteiger partial charge in [0, 0.05) is 18.1 Å². The zero-order valence-corrected chi connectivity index (χ0v) is 14.2. The maximum atomic E-state index is 12.1. The molecule has 0 unspecified atom stereocenters. The first-order valence-corrected chi connectivity index (χ1v) is 8.69. The van der Waals surface area contributed by atoms with E-state index in [9.17, 15) is 4.79 Å². The molecule has 24 heavy (non-hydrogen) atoms. The Morgan fingerprint density at radius 3 is 2.62 bits per heavy atom. The molecular weight excluding hydrogens is 298 g/mol. The van der Waals surface area contributed by atoms with Gasteiger partial charge in [0.2, 0.25) is 0 Å². The van der Waals surface area contributed by atoms with Crippen LogP contribution in [0.5, 0.6) is 0 Å². The molecule has 0 saturated carbocycles. The van der Waals surface area contributed by atoms with Gasteiger partial charge in [0.25, 0.3) is 5.91 Å². The van der Waals surface area contributed by atoms with E-state index in [0.717, 1.165) is 18.0 Å². The molecule has 1 aromatic carbocycles. The van der Waals surface area contributed by atoms with Gasteiger partial charge in [-0.2, -0.15) is 0 Å². The van der Waals surface area contributed by atoms with Gasteiger partial charge in [-0.25, -0.2) is 0 Å². The molecule has 1 fully saturated rings. The molecule has 1 N–H and O–H groups in total. The van der Waals surface area contributed by atoms with Crippen LogP contribution in [0.2, 0.25) is 0 Å². The normalized spacial score (nSPS) is 16.0. The summed E-state index contributed by atoms with van der Waals surface area (Å²) in [7, 11) is 2.20. The monoisotopic (exact) mass is 323 g/mol. The van der Waals surface area contributed by atoms with E-state index in [2.05, 4.69) is 34.4 Å². The summed E-state index contributed by atoms with van der Waals surface area (Å²) < 4.78 is 0. The molecule has 2 aromatic rings. The van der Waals surface area contributed by atoms with E-state index in [-0.39, 0.29) is 5.91 Å². The highest BCUT2D eigenvalue weighted by atomic mass is 16.1. The standard InChI is InChI=1S/C20H25N3O/c1-23-13-10-17(11-14-23)5-4-16-6-8-19(9-7-16)22-20(24)18-3-2-12-21-15-18/h2-3,6-9,12,15,17H,4-5,10-11,13-14H2,1H3,(H,22,24). The number of pyridine rings is 1. The first-order chi connectivity index (χ1) is 11.7. The van der Waals surface area contributed by atoms with Crippen molar-refractivity contribution in [3.05, 3.63) is 59.9 Å². The third kappa shape index (κ3) is 4.65. The molecular formula is C20H25N3O. The Kier molecular flexibility index (Phi) is 5.59. The number of anilines is 1. The van der Waals surface area contributed by atoms with Crippen molar-refractivity contribution in [3.8, 4) is 0 Å². The van der Waals surface area contributed by atoms with Crippen molar-refractivity contribution in [2.24, 2.45) is 5.92 Å². The Morgan fingerprint density at radius 2 is 1.96 bits per heavy atom. The van der Waals surface area contributed by atoms with E-state index >= 15 is 0 Å². The van der Waals surface area contributed by atoms with Gasteiger partial charge in [-0.1, -0.05) is 12.1 Å². The summed E-state index contributed by atoms with van der Waals surface area (Å²) in [5, 5.41) is 2.91. The fourth-order valence-corrected chi connectivity index (χ4v) is 3.18. The van der Waals surface area contributed by atoms with Gasteiger partial charge >= 0.3 is 0 Å². The van der Waals surface area contributed by atoms with Crippen molar-refractivity contribution in [2.75, 3.05) is 25.5 Å². The van der Waals surface area contributed by atoms with Gasteiger partial charge in [-0.05, 0) is 81.6 Å². The van der Waals surface area contributed by atoms with Crippen LogP contribution in [-0.4, -0.2) is 35.9 Å². The van der Waals surface area contributed by atoms with Crippen molar-refractivity contribution >= 4 is 11.6 Å². The van der Waals surface area contributed by atoms with E-state index in [1.165, 1.54) is 37.9 Å². The predicted octanol–water partition coefficient (Wildman–Crippen LogP) is 3.61. The molecule has 126 valence electrons. The molecule has 4 nitrogen and oxygen atoms in total. The van der Waals surface area contributed by atoms with E-state index in [4.69, 9.17) is 0 Å². The van der Waals surface area contributed by atoms with Gasteiger partial charge in [0.05, 0.1) is 5.56 Å². The highest BCUT2D eigenvalue weighted by Gasteiger charge is 2.16. The molecule has 1 saturated heterocycles. The summed E-state index contributed by atoms with van der Waals surface area (Å²) >= 11 is 0. The lowest BCUT2D eigenvalue weighted by Crippen LogP contribution is -2.30. The molecule has 1 aromatic heterocycles. The van der Waals surface area contributed by atoms with Crippen molar-refractivity contribution < 1.29 is 4.79 Å². The summed E-state index contributed by atoms with van der Waals surface area (Å²) in [6.07, 6.45) is 8.24. The summed E-state index contributed by atoms with van der Waals surface area (Å²) in [6.45, 7) is 2.45. The van der Waals surface area contributed by atoms with Crippen LogP contribution in [0.1, 0.15) is 35.2 Å². The van der Waals surface area contributed by atoms with Crippen molar-refractivity contribution in [2.45, 2.75) is 25.7 Å². The van der Waals surface area contributed by atoms with E-state index in [0.29, 0.717) is 5.56 Å². The third-order valence-electron chi connectivity index (χ3n) is 4.81. The average Bonchev–Trinajstić information content (AvgIpc) is 2.63. The highest BCUT2D eigenvalue weighted by Crippen LogP contribution is 2.22. The molecule has 0 aliphatic carbocycles. The molecule has 0 bridgehead atoms. The van der Waals surface area contributed by atoms with Crippen LogP contribution in [0.15, 0.2) is 48.8 Å². The Balaban J connectivity index is 1.49. The molecule has 0 radical (unpaired) electrons. The van der Waals surface area contributed by atoms with Gasteiger partial charge in [-0.15, -0.1) is 0 Å². The second-order valence-electron chi connectivity index (χ2n) is 6.68. The first kappa shape index (κ1) is 16.7. The zero-order valence-electron chi connectivity index (χ0n) is 14.2. The number of carbonyl (C=O) groups excluding carboxylic acids is 1. The van der Waals surface area contributed by atoms with Gasteiger partial charge in [-0.3, -0.25) is 9.78 Å². The van der Waals surface area contributed by atoms with Gasteiger partial charge in [0.1, 0.15) is 0 Å². The van der Waals surface area contributed by atoms with Crippen LogP contribution in [0.3, 0.4) is 0 Å². The van der Waals surface area contributed by atoms with Crippen LogP contribution in [0, 0.1) is 5.92 Å². The minimum atomic E-state index is -0.123. The Labute approximate surface area is 143 Å². The van der Waals surface area contributed by atoms with Crippen LogP contribution < -0.4 is 5.32 Å². The number of rotatable bonds is 5. The minimum Gasteiger partial charge on any atom is -0.322 e. The number of piperidine rings is 1. The van der Waals surface area contributed by atoms with E-state index < -0.39 is 0 Å². The number of hydrogen-bond acceptors (Lipinski definition) is 3. The topological polar surface area (TPSA) is 45.2 Å². The summed E-state index contributed by atoms with van der Waals surface area (Å²) in [4.78, 5) is 18.5. The summed E-state index contributed by atoms with van der Waals surface area (Å²) in [5.41, 5.74) is 2.74. The number of benzene rings is 1. The Hall–Kier alpha value is -2.20. The molecule has 4 heteroatoms. The van der Waals surface area contributed by atoms with Crippen LogP contribution in [-0.2, 0) is 6.42 Å². The molecule has 2 heterocycles. The molecule has 1 amide bonds. The van der Waals surface area contributed by atoms with Gasteiger partial charge in [0.15, 0.2) is 0 Å². The molecule has 1 aliphatic heterocycles. The summed E-state index contributed by atoms with van der Waals surface area (Å²) in [6, 6.07) is 11.7. The smallest absolute Gasteiger partial charge is 0.257 e. The predicted molar refractivity (Wildman–Crippen MR) is 97.2 cm³/mol. The quantitative estimate of drug-likeness (QED) is 0.914. The highest BCUT2D eigenvalue weighted by molar-refractivity contribution is 6.03. The number of likely N-dealkylation sites (tertiary alicyclic amines) is 1. The largest absolute Gasteiger partial charge is 0.322 e. The molecule has 3 rings (SSSR count). The lowest BCUT2D eigenvalue weighted by atomic mass is 9.91. The van der Waals surface area contributed by atoms with Crippen LogP contribution in [0.25, 0.3) is 0 Å². The van der Waals surface area contributed by atoms with Crippen molar-refractivity contribution in [1.29, 1.82) is 0 Å². The lowest BCUT2D eigenvalue weighted by Gasteiger charge is -2.28. The number of carbonyl (C=O) groups is 1. The number of hydrogen-bond donors (Lipinski definition) is 1. The van der Waals surface area contributed by atoms with Crippen molar-refractivity contribution in [1.82, 2.24) is 9.88 Å². The second-order valence-corrected chi connectivity index (χ2v) is 6.68. The fraction of sp³-hybridized carbons (Fsp3) is 0.400. The summed E-state index contributed by atoms with van der Waals surface area (Å²) in [5.74, 6) is 0.730. The van der Waals surface area contributed by atoms with E-state index in [1.807, 2.05) is 12.1 Å². The van der Waals surface area contributed by atoms with E-state index in [1.54, 1.807) is 24.5 Å².